The van der Waals surface area contributed by atoms with E-state index < -0.39 is 23.5 Å². The average Bonchev–Trinajstić information content (AvgIpc) is 3.43. The van der Waals surface area contributed by atoms with Crippen molar-refractivity contribution in [1.82, 2.24) is 9.80 Å². The molecule has 0 spiro atoms. The summed E-state index contributed by atoms with van der Waals surface area (Å²) in [6, 6.07) is 13.3. The quantitative estimate of drug-likeness (QED) is 0.433. The zero-order valence-corrected chi connectivity index (χ0v) is 20.4. The third-order valence-corrected chi connectivity index (χ3v) is 6.48. The van der Waals surface area contributed by atoms with Crippen molar-refractivity contribution in [1.29, 1.82) is 0 Å². The first kappa shape index (κ1) is 24.3. The monoisotopic (exact) mass is 478 g/mol. The summed E-state index contributed by atoms with van der Waals surface area (Å²) < 4.78 is 16.9. The predicted molar refractivity (Wildman–Crippen MR) is 132 cm³/mol. The number of amides is 1. The summed E-state index contributed by atoms with van der Waals surface area (Å²) in [5.74, 6) is -0.824. The van der Waals surface area contributed by atoms with E-state index >= 15 is 0 Å². The van der Waals surface area contributed by atoms with Crippen LogP contribution in [0.15, 0.2) is 64.3 Å². The lowest BCUT2D eigenvalue weighted by Crippen LogP contribution is -2.38. The number of fused-ring (bicyclic) bond motifs is 1. The van der Waals surface area contributed by atoms with Gasteiger partial charge in [0.1, 0.15) is 5.58 Å². The van der Waals surface area contributed by atoms with E-state index in [1.54, 1.807) is 30.3 Å². The van der Waals surface area contributed by atoms with Crippen molar-refractivity contribution in [3.63, 3.8) is 0 Å². The maximum absolute atomic E-state index is 13.7. The Morgan fingerprint density at radius 2 is 1.83 bits per heavy atom. The largest absolute Gasteiger partial charge is 0.503 e. The fraction of sp³-hybridized carbons (Fsp3) is 0.333. The van der Waals surface area contributed by atoms with Gasteiger partial charge in [-0.3, -0.25) is 9.59 Å². The lowest BCUT2D eigenvalue weighted by Gasteiger charge is -2.30. The van der Waals surface area contributed by atoms with Gasteiger partial charge in [-0.25, -0.2) is 0 Å². The van der Waals surface area contributed by atoms with Gasteiger partial charge in [0.25, 0.3) is 5.91 Å². The van der Waals surface area contributed by atoms with Crippen LogP contribution < -0.4 is 9.47 Å². The number of aliphatic hydroxyl groups is 1. The summed E-state index contributed by atoms with van der Waals surface area (Å²) in [6.07, 6.45) is 0. The highest BCUT2D eigenvalue weighted by molar-refractivity contribution is 6.16. The van der Waals surface area contributed by atoms with Gasteiger partial charge in [-0.1, -0.05) is 44.2 Å². The maximum atomic E-state index is 13.7. The third kappa shape index (κ3) is 4.37. The normalized spacial score (nSPS) is 16.0. The van der Waals surface area contributed by atoms with Crippen LogP contribution in [0.5, 0.6) is 11.5 Å². The average molecular weight is 479 g/mol. The number of ketones is 1. The Morgan fingerprint density at radius 1 is 1.09 bits per heavy atom. The van der Waals surface area contributed by atoms with Crippen LogP contribution in [0.4, 0.5) is 0 Å². The number of rotatable bonds is 10. The molecule has 4 rings (SSSR count). The Balaban J connectivity index is 1.83. The lowest BCUT2D eigenvalue weighted by atomic mass is 9.94. The molecule has 1 N–H and O–H groups in total. The van der Waals surface area contributed by atoms with E-state index in [1.165, 1.54) is 19.1 Å². The number of furan rings is 1. The van der Waals surface area contributed by atoms with Gasteiger partial charge in [-0.15, -0.1) is 0 Å². The number of nitrogens with zero attached hydrogens (tertiary/aromatic N) is 2. The van der Waals surface area contributed by atoms with Gasteiger partial charge in [0.2, 0.25) is 5.78 Å². The second-order valence-electron chi connectivity index (χ2n) is 8.25. The maximum Gasteiger partial charge on any atom is 0.290 e. The molecule has 2 aromatic carbocycles. The van der Waals surface area contributed by atoms with Gasteiger partial charge >= 0.3 is 0 Å². The van der Waals surface area contributed by atoms with Crippen molar-refractivity contribution < 1.29 is 28.6 Å². The van der Waals surface area contributed by atoms with E-state index in [-0.39, 0.29) is 11.3 Å². The summed E-state index contributed by atoms with van der Waals surface area (Å²) in [7, 11) is 3.02. The molecule has 0 saturated heterocycles. The molecule has 1 aromatic heterocycles. The van der Waals surface area contributed by atoms with Crippen LogP contribution >= 0.6 is 0 Å². The molecule has 8 nitrogen and oxygen atoms in total. The van der Waals surface area contributed by atoms with Crippen LogP contribution in [0.3, 0.4) is 0 Å². The molecule has 1 aliphatic rings. The van der Waals surface area contributed by atoms with Crippen LogP contribution in [-0.4, -0.2) is 67.0 Å². The number of Topliss-reactive ketones (excluding diaryl/α,β-unsaturated/α-hetero) is 1. The molecule has 35 heavy (non-hydrogen) atoms. The molecule has 1 unspecified atom stereocenters. The Morgan fingerprint density at radius 3 is 2.49 bits per heavy atom. The van der Waals surface area contributed by atoms with Gasteiger partial charge in [0.15, 0.2) is 23.0 Å². The summed E-state index contributed by atoms with van der Waals surface area (Å²) in [5.41, 5.74) is 1.05. The van der Waals surface area contributed by atoms with Crippen LogP contribution in [0.25, 0.3) is 11.0 Å². The number of aliphatic hydroxyl groups excluding tert-OH is 1. The van der Waals surface area contributed by atoms with Gasteiger partial charge in [0, 0.05) is 24.0 Å². The van der Waals surface area contributed by atoms with Crippen molar-refractivity contribution in [3.8, 4) is 11.5 Å². The summed E-state index contributed by atoms with van der Waals surface area (Å²) in [5, 5.41) is 11.7. The molecule has 1 atom stereocenters. The smallest absolute Gasteiger partial charge is 0.290 e. The van der Waals surface area contributed by atoms with E-state index in [0.29, 0.717) is 35.7 Å². The van der Waals surface area contributed by atoms with Crippen LogP contribution in [0, 0.1) is 0 Å². The Hall–Kier alpha value is -3.78. The number of hydrogen-bond acceptors (Lipinski definition) is 7. The molecule has 2 heterocycles. The van der Waals surface area contributed by atoms with E-state index in [4.69, 9.17) is 13.9 Å². The van der Waals surface area contributed by atoms with Crippen LogP contribution in [-0.2, 0) is 4.79 Å². The van der Waals surface area contributed by atoms with Crippen LogP contribution in [0.2, 0.25) is 0 Å². The number of benzene rings is 2. The number of carbonyl (C=O) groups is 2. The van der Waals surface area contributed by atoms with Crippen molar-refractivity contribution >= 4 is 22.7 Å². The first-order valence-electron chi connectivity index (χ1n) is 11.7. The fourth-order valence-corrected chi connectivity index (χ4v) is 4.58. The van der Waals surface area contributed by atoms with Crippen molar-refractivity contribution in [3.05, 3.63) is 71.2 Å². The Labute approximate surface area is 204 Å². The molecule has 0 aliphatic carbocycles. The number of methoxy groups -OCH3 is 2. The van der Waals surface area contributed by atoms with Crippen molar-refractivity contribution in [2.75, 3.05) is 40.4 Å². The molecular weight excluding hydrogens is 448 g/mol. The first-order chi connectivity index (χ1) is 16.9. The van der Waals surface area contributed by atoms with E-state index in [0.717, 1.165) is 18.5 Å². The highest BCUT2D eigenvalue weighted by Crippen LogP contribution is 2.45. The molecule has 0 fully saturated rings. The molecule has 1 amide bonds. The summed E-state index contributed by atoms with van der Waals surface area (Å²) in [4.78, 5) is 30.7. The SMILES string of the molecule is CCN(CC)CCN1C(=O)C(O)=C(C(=O)c2cc3ccccc3o2)C1c1cccc(OC)c1OC. The van der Waals surface area contributed by atoms with Crippen molar-refractivity contribution in [2.24, 2.45) is 0 Å². The zero-order chi connectivity index (χ0) is 25.1. The number of hydrogen-bond donors (Lipinski definition) is 1. The number of ether oxygens (including phenoxy) is 2. The highest BCUT2D eigenvalue weighted by atomic mass is 16.5. The van der Waals surface area contributed by atoms with Gasteiger partial charge < -0.3 is 28.8 Å². The Kier molecular flexibility index (Phi) is 7.12. The van der Waals surface area contributed by atoms with Crippen molar-refractivity contribution in [2.45, 2.75) is 19.9 Å². The van der Waals surface area contributed by atoms with Crippen LogP contribution in [0.1, 0.15) is 36.0 Å². The second kappa shape index (κ2) is 10.2. The molecule has 0 bridgehead atoms. The first-order valence-corrected chi connectivity index (χ1v) is 11.7. The minimum absolute atomic E-state index is 0.0415. The minimum Gasteiger partial charge on any atom is -0.503 e. The molecular formula is C27H30N2O6. The highest BCUT2D eigenvalue weighted by Gasteiger charge is 2.45. The van der Waals surface area contributed by atoms with Gasteiger partial charge in [-0.2, -0.15) is 0 Å². The molecule has 3 aromatic rings. The topological polar surface area (TPSA) is 92.5 Å². The fourth-order valence-electron chi connectivity index (χ4n) is 4.58. The summed E-state index contributed by atoms with van der Waals surface area (Å²) >= 11 is 0. The molecule has 184 valence electrons. The standard InChI is InChI=1S/C27H30N2O6/c1-5-28(6-2)14-15-29-23(18-11-9-13-20(33-3)26(18)34-4)22(25(31)27(29)32)24(30)21-16-17-10-7-8-12-19(17)35-21/h7-13,16,23,31H,5-6,14-15H2,1-4H3. The molecule has 1 aliphatic heterocycles. The zero-order valence-electron chi connectivity index (χ0n) is 20.4. The molecule has 8 heteroatoms. The summed E-state index contributed by atoms with van der Waals surface area (Å²) in [6.45, 7) is 6.62. The third-order valence-electron chi connectivity index (χ3n) is 6.48. The molecule has 0 saturated carbocycles. The van der Waals surface area contributed by atoms with E-state index in [2.05, 4.69) is 4.90 Å². The molecule has 0 radical (unpaired) electrons. The Bertz CT molecular complexity index is 1240. The second-order valence-corrected chi connectivity index (χ2v) is 8.25. The lowest BCUT2D eigenvalue weighted by molar-refractivity contribution is -0.129. The number of para-hydroxylation sites is 2. The van der Waals surface area contributed by atoms with E-state index in [1.807, 2.05) is 32.0 Å². The predicted octanol–water partition coefficient (Wildman–Crippen LogP) is 4.37. The number of likely N-dealkylation sites (N-methyl/N-ethyl adjacent to an activating group) is 1. The number of carbonyl (C=O) groups excluding carboxylic acids is 2. The van der Waals surface area contributed by atoms with E-state index in [9.17, 15) is 14.7 Å². The van der Waals surface area contributed by atoms with Gasteiger partial charge in [-0.05, 0) is 31.3 Å². The minimum atomic E-state index is -0.871. The van der Waals surface area contributed by atoms with Gasteiger partial charge in [0.05, 0.1) is 25.8 Å².